The van der Waals surface area contributed by atoms with Gasteiger partial charge >= 0.3 is 12.0 Å². The predicted molar refractivity (Wildman–Crippen MR) is 137 cm³/mol. The zero-order chi connectivity index (χ0) is 25.1. The first-order chi connectivity index (χ1) is 17.5. The van der Waals surface area contributed by atoms with Crippen LogP contribution in [0.4, 0.5) is 16.2 Å². The molecule has 1 unspecified atom stereocenters. The van der Waals surface area contributed by atoms with Crippen LogP contribution in [-0.2, 0) is 0 Å². The molecule has 1 amide bonds. The molecule has 5 aromatic rings. The lowest BCUT2D eigenvalue weighted by molar-refractivity contribution is 0.0696. The Labute approximate surface area is 205 Å². The summed E-state index contributed by atoms with van der Waals surface area (Å²) in [5, 5.41) is 27.4. The molecule has 2 heterocycles. The second-order valence-corrected chi connectivity index (χ2v) is 8.04. The molecule has 5 rings (SSSR count). The molecule has 36 heavy (non-hydrogen) atoms. The quantitative estimate of drug-likeness (QED) is 0.246. The molecule has 0 aliphatic carbocycles. The first kappa shape index (κ1) is 22.9. The molecule has 0 saturated heterocycles. The molecule has 1 atom stereocenters. The number of rotatable bonds is 7. The van der Waals surface area contributed by atoms with Gasteiger partial charge in [0.2, 0.25) is 5.88 Å². The Morgan fingerprint density at radius 3 is 2.17 bits per heavy atom. The maximum Gasteiger partial charge on any atom is 0.335 e. The van der Waals surface area contributed by atoms with Crippen molar-refractivity contribution in [3.8, 4) is 5.88 Å². The van der Waals surface area contributed by atoms with Gasteiger partial charge in [-0.3, -0.25) is 4.57 Å². The first-order valence-electron chi connectivity index (χ1n) is 11.2. The zero-order valence-corrected chi connectivity index (χ0v) is 19.0. The van der Waals surface area contributed by atoms with E-state index in [-0.39, 0.29) is 17.9 Å². The second-order valence-electron chi connectivity index (χ2n) is 8.04. The van der Waals surface area contributed by atoms with E-state index in [1.54, 1.807) is 35.0 Å². The van der Waals surface area contributed by atoms with E-state index in [4.69, 9.17) is 4.74 Å². The second kappa shape index (κ2) is 9.77. The van der Waals surface area contributed by atoms with Gasteiger partial charge in [-0.25, -0.2) is 14.6 Å². The summed E-state index contributed by atoms with van der Waals surface area (Å²) >= 11 is 0. The van der Waals surface area contributed by atoms with Crippen molar-refractivity contribution in [2.24, 2.45) is 0 Å². The number of anilines is 2. The zero-order valence-electron chi connectivity index (χ0n) is 19.0. The van der Waals surface area contributed by atoms with Crippen LogP contribution in [0.3, 0.4) is 0 Å². The van der Waals surface area contributed by atoms with Crippen molar-refractivity contribution in [3.63, 3.8) is 0 Å². The Bertz CT molecular complexity index is 1510. The predicted octanol–water partition coefficient (Wildman–Crippen LogP) is 4.78. The summed E-state index contributed by atoms with van der Waals surface area (Å²) in [6.07, 6.45) is 0.411. The number of carboxylic acids is 1. The van der Waals surface area contributed by atoms with Gasteiger partial charge in [-0.05, 0) is 36.4 Å². The molecular weight excluding hydrogens is 460 g/mol. The molecule has 0 saturated carbocycles. The van der Waals surface area contributed by atoms with Crippen LogP contribution in [0.2, 0.25) is 0 Å². The Hall–Kier alpha value is -4.89. The van der Waals surface area contributed by atoms with Crippen molar-refractivity contribution in [1.82, 2.24) is 9.55 Å². The third kappa shape index (κ3) is 4.68. The van der Waals surface area contributed by atoms with Crippen molar-refractivity contribution in [1.29, 1.82) is 0 Å². The molecular formula is C27H22N4O5. The van der Waals surface area contributed by atoms with Gasteiger partial charge in [0.25, 0.3) is 0 Å². The maximum atomic E-state index is 13.4. The van der Waals surface area contributed by atoms with E-state index in [0.717, 1.165) is 21.8 Å². The highest BCUT2D eigenvalue weighted by molar-refractivity contribution is 6.15. The highest BCUT2D eigenvalue weighted by Gasteiger charge is 2.17. The number of fused-ring (bicyclic) bond motifs is 3. The van der Waals surface area contributed by atoms with E-state index >= 15 is 0 Å². The summed E-state index contributed by atoms with van der Waals surface area (Å²) < 4.78 is 6.99. The highest BCUT2D eigenvalue weighted by atomic mass is 16.5. The van der Waals surface area contributed by atoms with Gasteiger partial charge in [0.15, 0.2) is 6.23 Å². The van der Waals surface area contributed by atoms with Gasteiger partial charge in [-0.15, -0.1) is 0 Å². The molecule has 0 aliphatic rings. The number of pyridine rings is 1. The first-order valence-corrected chi connectivity index (χ1v) is 11.2. The molecule has 0 spiro atoms. The van der Waals surface area contributed by atoms with E-state index in [0.29, 0.717) is 11.6 Å². The number of aromatic nitrogens is 2. The van der Waals surface area contributed by atoms with E-state index < -0.39 is 18.2 Å². The Kier molecular flexibility index (Phi) is 6.21. The lowest BCUT2D eigenvalue weighted by atomic mass is 10.1. The number of hydrogen-bond acceptors (Lipinski definition) is 6. The van der Waals surface area contributed by atoms with Crippen molar-refractivity contribution < 1.29 is 24.5 Å². The monoisotopic (exact) mass is 482 g/mol. The summed E-state index contributed by atoms with van der Waals surface area (Å²) in [5.74, 6) is -0.831. The number of ether oxygens (including phenoxy) is 1. The minimum Gasteiger partial charge on any atom is -0.478 e. The summed E-state index contributed by atoms with van der Waals surface area (Å²) in [5.41, 5.74) is 1.94. The van der Waals surface area contributed by atoms with Gasteiger partial charge in [0, 0.05) is 34.4 Å². The number of carboxylic acid groups (broad SMARTS) is 1. The Morgan fingerprint density at radius 1 is 0.889 bits per heavy atom. The Morgan fingerprint density at radius 2 is 1.53 bits per heavy atom. The number of aliphatic hydroxyl groups is 1. The summed E-state index contributed by atoms with van der Waals surface area (Å²) in [6, 6.07) is 24.1. The molecule has 2 aromatic heterocycles. The van der Waals surface area contributed by atoms with Crippen LogP contribution in [0.5, 0.6) is 5.88 Å². The van der Waals surface area contributed by atoms with Crippen LogP contribution in [0.1, 0.15) is 10.4 Å². The van der Waals surface area contributed by atoms with E-state index in [9.17, 15) is 19.8 Å². The smallest absolute Gasteiger partial charge is 0.335 e. The number of hydrogen-bond donors (Lipinski definition) is 4. The number of para-hydroxylation sites is 2. The average molecular weight is 482 g/mol. The standard InChI is InChI=1S/C27H22N4O5/c32-24(16-36-25-11-5-6-12-28-25)29-18-13-17(26(33)34)14-19(15-18)30-27(35)31-22-9-3-1-7-20(22)21-8-2-4-10-23(21)31/h1-15,24,29,32H,16H2,(H,30,35)(H,33,34). The van der Waals surface area contributed by atoms with E-state index in [1.165, 1.54) is 12.1 Å². The number of carbonyl (C=O) groups excluding carboxylic acids is 1. The third-order valence-electron chi connectivity index (χ3n) is 5.57. The number of nitrogens with one attached hydrogen (secondary N) is 2. The van der Waals surface area contributed by atoms with Gasteiger partial charge in [-0.1, -0.05) is 42.5 Å². The van der Waals surface area contributed by atoms with Crippen molar-refractivity contribution in [3.05, 3.63) is 96.7 Å². The number of benzene rings is 3. The number of aromatic carboxylic acids is 1. The lowest BCUT2D eigenvalue weighted by Gasteiger charge is -2.17. The largest absolute Gasteiger partial charge is 0.478 e. The van der Waals surface area contributed by atoms with Crippen LogP contribution >= 0.6 is 0 Å². The van der Waals surface area contributed by atoms with Crippen LogP contribution in [0.15, 0.2) is 91.1 Å². The molecule has 0 radical (unpaired) electrons. The molecule has 180 valence electrons. The summed E-state index contributed by atoms with van der Waals surface area (Å²) in [4.78, 5) is 29.1. The summed E-state index contributed by atoms with van der Waals surface area (Å²) in [6.45, 7) is -0.128. The molecule has 0 fully saturated rings. The van der Waals surface area contributed by atoms with Gasteiger partial charge in [-0.2, -0.15) is 0 Å². The number of carbonyl (C=O) groups is 2. The van der Waals surface area contributed by atoms with Crippen LogP contribution in [-0.4, -0.2) is 44.6 Å². The Balaban J connectivity index is 1.41. The fourth-order valence-corrected chi connectivity index (χ4v) is 4.06. The van der Waals surface area contributed by atoms with E-state index in [2.05, 4.69) is 15.6 Å². The normalized spacial score (nSPS) is 11.8. The minimum absolute atomic E-state index is 0.0598. The number of nitrogens with zero attached hydrogens (tertiary/aromatic N) is 2. The summed E-state index contributed by atoms with van der Waals surface area (Å²) in [7, 11) is 0. The van der Waals surface area contributed by atoms with Crippen molar-refractivity contribution in [2.75, 3.05) is 17.2 Å². The van der Waals surface area contributed by atoms with Gasteiger partial charge < -0.3 is 25.6 Å². The molecule has 3 aromatic carbocycles. The molecule has 4 N–H and O–H groups in total. The highest BCUT2D eigenvalue weighted by Crippen LogP contribution is 2.29. The number of amides is 1. The third-order valence-corrected chi connectivity index (χ3v) is 5.57. The molecule has 9 nitrogen and oxygen atoms in total. The molecule has 0 bridgehead atoms. The average Bonchev–Trinajstić information content (AvgIpc) is 3.22. The maximum absolute atomic E-state index is 13.4. The van der Waals surface area contributed by atoms with Crippen LogP contribution in [0.25, 0.3) is 21.8 Å². The van der Waals surface area contributed by atoms with E-state index in [1.807, 2.05) is 48.5 Å². The fourth-order valence-electron chi connectivity index (χ4n) is 4.06. The van der Waals surface area contributed by atoms with Gasteiger partial charge in [0.1, 0.15) is 6.61 Å². The van der Waals surface area contributed by atoms with Crippen molar-refractivity contribution in [2.45, 2.75) is 6.23 Å². The van der Waals surface area contributed by atoms with Crippen LogP contribution < -0.4 is 15.4 Å². The molecule has 0 aliphatic heterocycles. The molecule has 9 heteroatoms. The van der Waals surface area contributed by atoms with Crippen molar-refractivity contribution >= 4 is 45.2 Å². The van der Waals surface area contributed by atoms with Crippen LogP contribution in [0, 0.1) is 0 Å². The SMILES string of the molecule is O=C(O)c1cc(NC(=O)n2c3ccccc3c3ccccc32)cc(NC(O)COc2ccccn2)c1. The topological polar surface area (TPSA) is 126 Å². The number of aliphatic hydroxyl groups excluding tert-OH is 1. The minimum atomic E-state index is -1.18. The van der Waals surface area contributed by atoms with Gasteiger partial charge in [0.05, 0.1) is 16.6 Å². The lowest BCUT2D eigenvalue weighted by Crippen LogP contribution is -2.27. The fraction of sp³-hybridized carbons (Fsp3) is 0.0741.